The van der Waals surface area contributed by atoms with E-state index in [1.54, 1.807) is 0 Å². The van der Waals surface area contributed by atoms with Gasteiger partial charge in [-0.05, 0) is 42.2 Å². The van der Waals surface area contributed by atoms with Crippen molar-refractivity contribution in [3.05, 3.63) is 53.1 Å². The highest BCUT2D eigenvalue weighted by atomic mass is 19.3. The summed E-state index contributed by atoms with van der Waals surface area (Å²) in [6.45, 7) is 0.843. The van der Waals surface area contributed by atoms with E-state index in [0.717, 1.165) is 31.2 Å². The molecular formula is C20H17F5N2O2. The monoisotopic (exact) mass is 412 g/mol. The number of carbonyl (C=O) groups excluding carboxylic acids is 1. The van der Waals surface area contributed by atoms with Crippen LogP contribution in [0.3, 0.4) is 0 Å². The van der Waals surface area contributed by atoms with Crippen LogP contribution < -0.4 is 0 Å². The van der Waals surface area contributed by atoms with Gasteiger partial charge in [0, 0.05) is 18.7 Å². The predicted molar refractivity (Wildman–Crippen MR) is 93.0 cm³/mol. The first kappa shape index (κ1) is 19.6. The van der Waals surface area contributed by atoms with Gasteiger partial charge in [0.2, 0.25) is 0 Å². The fourth-order valence-electron chi connectivity index (χ4n) is 3.49. The SMILES string of the molecule is CC(F)(F)c1ncc(-c2ccc(F)c(C(F)F)c2)cc1CN1CC2(CC2)OC1=O. The minimum absolute atomic E-state index is 0.0765. The Kier molecular flexibility index (Phi) is 4.51. The zero-order valence-electron chi connectivity index (χ0n) is 15.4. The van der Waals surface area contributed by atoms with Crippen LogP contribution in [0.5, 0.6) is 0 Å². The van der Waals surface area contributed by atoms with Gasteiger partial charge in [0.15, 0.2) is 0 Å². The molecule has 4 rings (SSSR count). The number of benzene rings is 1. The molecule has 1 amide bonds. The Balaban J connectivity index is 1.71. The van der Waals surface area contributed by atoms with Crippen LogP contribution in [0.25, 0.3) is 11.1 Å². The molecule has 29 heavy (non-hydrogen) atoms. The quantitative estimate of drug-likeness (QED) is 0.616. The van der Waals surface area contributed by atoms with Crippen LogP contribution in [0.4, 0.5) is 26.7 Å². The lowest BCUT2D eigenvalue weighted by Crippen LogP contribution is -2.27. The first-order valence-corrected chi connectivity index (χ1v) is 9.01. The molecule has 1 aliphatic carbocycles. The van der Waals surface area contributed by atoms with Gasteiger partial charge in [-0.1, -0.05) is 6.07 Å². The molecule has 2 heterocycles. The number of carbonyl (C=O) groups is 1. The number of ether oxygens (including phenoxy) is 1. The van der Waals surface area contributed by atoms with Crippen LogP contribution in [0.15, 0.2) is 30.5 Å². The zero-order chi connectivity index (χ0) is 21.0. The van der Waals surface area contributed by atoms with Crippen molar-refractivity contribution < 1.29 is 31.5 Å². The number of hydrogen-bond acceptors (Lipinski definition) is 3. The zero-order valence-corrected chi connectivity index (χ0v) is 15.4. The van der Waals surface area contributed by atoms with Gasteiger partial charge < -0.3 is 4.74 Å². The van der Waals surface area contributed by atoms with Crippen LogP contribution in [-0.2, 0) is 17.2 Å². The van der Waals surface area contributed by atoms with Crippen molar-refractivity contribution in [1.82, 2.24) is 9.88 Å². The van der Waals surface area contributed by atoms with Crippen molar-refractivity contribution >= 4 is 6.09 Å². The molecule has 1 aromatic heterocycles. The number of rotatable bonds is 5. The molecule has 0 atom stereocenters. The number of aromatic nitrogens is 1. The second-order valence-electron chi connectivity index (χ2n) is 7.56. The highest BCUT2D eigenvalue weighted by Crippen LogP contribution is 2.45. The lowest BCUT2D eigenvalue weighted by atomic mass is 10.00. The molecular weight excluding hydrogens is 395 g/mol. The summed E-state index contributed by atoms with van der Waals surface area (Å²) in [7, 11) is 0. The number of pyridine rings is 1. The fraction of sp³-hybridized carbons (Fsp3) is 0.400. The van der Waals surface area contributed by atoms with Crippen molar-refractivity contribution in [3.8, 4) is 11.1 Å². The van der Waals surface area contributed by atoms with Gasteiger partial charge in [0.05, 0.1) is 18.7 Å². The molecule has 0 unspecified atom stereocenters. The maximum atomic E-state index is 14.1. The second kappa shape index (κ2) is 6.67. The number of hydrogen-bond donors (Lipinski definition) is 0. The summed E-state index contributed by atoms with van der Waals surface area (Å²) in [4.78, 5) is 17.2. The van der Waals surface area contributed by atoms with E-state index in [2.05, 4.69) is 4.98 Å². The maximum Gasteiger partial charge on any atom is 0.410 e. The normalized spacial score (nSPS) is 17.9. The molecule has 9 heteroatoms. The van der Waals surface area contributed by atoms with Crippen molar-refractivity contribution in [3.63, 3.8) is 0 Å². The van der Waals surface area contributed by atoms with E-state index in [4.69, 9.17) is 4.74 Å². The molecule has 1 aromatic carbocycles. The van der Waals surface area contributed by atoms with Gasteiger partial charge in [-0.25, -0.2) is 18.0 Å². The Morgan fingerprint density at radius 2 is 1.97 bits per heavy atom. The van der Waals surface area contributed by atoms with E-state index >= 15 is 0 Å². The second-order valence-corrected chi connectivity index (χ2v) is 7.56. The first-order chi connectivity index (χ1) is 13.6. The molecule has 1 aliphatic heterocycles. The third kappa shape index (κ3) is 3.77. The Hall–Kier alpha value is -2.71. The Morgan fingerprint density at radius 3 is 2.55 bits per heavy atom. The van der Waals surface area contributed by atoms with Crippen molar-refractivity contribution in [2.75, 3.05) is 6.54 Å². The molecule has 2 aliphatic rings. The van der Waals surface area contributed by atoms with Gasteiger partial charge in [-0.15, -0.1) is 0 Å². The molecule has 1 saturated heterocycles. The highest BCUT2D eigenvalue weighted by Gasteiger charge is 2.54. The highest BCUT2D eigenvalue weighted by molar-refractivity contribution is 5.72. The summed E-state index contributed by atoms with van der Waals surface area (Å²) in [6.07, 6.45) is -1.01. The number of amides is 1. The van der Waals surface area contributed by atoms with E-state index in [1.165, 1.54) is 17.0 Å². The van der Waals surface area contributed by atoms with Crippen molar-refractivity contribution in [1.29, 1.82) is 0 Å². The Bertz CT molecular complexity index is 970. The topological polar surface area (TPSA) is 42.4 Å². The van der Waals surface area contributed by atoms with Gasteiger partial charge >= 0.3 is 6.09 Å². The summed E-state index contributed by atoms with van der Waals surface area (Å²) in [5.41, 5.74) is -1.25. The number of halogens is 5. The summed E-state index contributed by atoms with van der Waals surface area (Å²) < 4.78 is 73.0. The molecule has 0 radical (unpaired) electrons. The van der Waals surface area contributed by atoms with Gasteiger partial charge in [0.1, 0.15) is 17.1 Å². The van der Waals surface area contributed by atoms with E-state index in [1.807, 2.05) is 0 Å². The third-order valence-corrected chi connectivity index (χ3v) is 5.16. The molecule has 2 aromatic rings. The minimum atomic E-state index is -3.27. The predicted octanol–water partition coefficient (Wildman–Crippen LogP) is 5.42. The molecule has 0 N–H and O–H groups in total. The molecule has 2 fully saturated rings. The van der Waals surface area contributed by atoms with Crippen molar-refractivity contribution in [2.24, 2.45) is 0 Å². The van der Waals surface area contributed by atoms with Gasteiger partial charge in [0.25, 0.3) is 12.3 Å². The van der Waals surface area contributed by atoms with Gasteiger partial charge in [-0.2, -0.15) is 8.78 Å². The van der Waals surface area contributed by atoms with E-state index < -0.39 is 41.1 Å². The fourth-order valence-corrected chi connectivity index (χ4v) is 3.49. The minimum Gasteiger partial charge on any atom is -0.441 e. The van der Waals surface area contributed by atoms with Crippen molar-refractivity contribution in [2.45, 2.75) is 44.3 Å². The first-order valence-electron chi connectivity index (χ1n) is 9.01. The van der Waals surface area contributed by atoms with Crippen LogP contribution in [0.1, 0.15) is 43.0 Å². The van der Waals surface area contributed by atoms with Crippen LogP contribution in [-0.4, -0.2) is 28.1 Å². The van der Waals surface area contributed by atoms with Gasteiger partial charge in [-0.3, -0.25) is 9.88 Å². The molecule has 154 valence electrons. The van der Waals surface area contributed by atoms with E-state index in [9.17, 15) is 26.7 Å². The average Bonchev–Trinajstić information content (AvgIpc) is 3.31. The lowest BCUT2D eigenvalue weighted by molar-refractivity contribution is 0.0112. The molecule has 1 saturated carbocycles. The summed E-state index contributed by atoms with van der Waals surface area (Å²) in [6, 6.07) is 4.50. The molecule has 4 nitrogen and oxygen atoms in total. The van der Waals surface area contributed by atoms with Crippen LogP contribution >= 0.6 is 0 Å². The molecule has 0 bridgehead atoms. The largest absolute Gasteiger partial charge is 0.441 e. The maximum absolute atomic E-state index is 14.1. The Labute approximate surface area is 163 Å². The third-order valence-electron chi connectivity index (χ3n) is 5.16. The summed E-state index contributed by atoms with van der Waals surface area (Å²) >= 11 is 0. The van der Waals surface area contributed by atoms with E-state index in [-0.39, 0.29) is 23.2 Å². The summed E-state index contributed by atoms with van der Waals surface area (Å²) in [5, 5.41) is 0. The average molecular weight is 412 g/mol. The van der Waals surface area contributed by atoms with Crippen LogP contribution in [0.2, 0.25) is 0 Å². The molecule has 1 spiro atoms. The standard InChI is InChI=1S/C20H17F5N2O2/c1-19(24,25)16-13(9-27-10-20(4-5-20)29-18(27)28)6-12(8-26-16)11-2-3-15(21)14(7-11)17(22)23/h2-3,6-8,17H,4-5,9-10H2,1H3. The van der Waals surface area contributed by atoms with Crippen LogP contribution in [0, 0.1) is 5.82 Å². The Morgan fingerprint density at radius 1 is 1.24 bits per heavy atom. The summed E-state index contributed by atoms with van der Waals surface area (Å²) in [5.74, 6) is -4.32. The van der Waals surface area contributed by atoms with E-state index in [0.29, 0.717) is 13.5 Å². The number of alkyl halides is 4. The lowest BCUT2D eigenvalue weighted by Gasteiger charge is -2.20. The smallest absolute Gasteiger partial charge is 0.410 e. The number of nitrogens with zero attached hydrogens (tertiary/aromatic N) is 2.